The van der Waals surface area contributed by atoms with Crippen LogP contribution in [0.2, 0.25) is 0 Å². The maximum Gasteiger partial charge on any atom is 0.214 e. The molecule has 90 valence electrons. The fourth-order valence-corrected chi connectivity index (χ4v) is 3.29. The average Bonchev–Trinajstić information content (AvgIpc) is 2.83. The molecule has 5 heteroatoms. The van der Waals surface area contributed by atoms with Gasteiger partial charge in [0.15, 0.2) is 0 Å². The second-order valence-electron chi connectivity index (χ2n) is 5.13. The molecule has 0 aromatic carbocycles. The van der Waals surface area contributed by atoms with Crippen LogP contribution in [0.1, 0.15) is 26.7 Å². The number of sulfonamides is 1. The lowest BCUT2D eigenvalue weighted by atomic mass is 10.1. The minimum atomic E-state index is -3.09. The van der Waals surface area contributed by atoms with E-state index in [0.717, 1.165) is 12.8 Å². The van der Waals surface area contributed by atoms with E-state index in [1.807, 2.05) is 13.8 Å². The molecular weight excluding hydrogens is 212 g/mol. The number of rotatable bonds is 6. The average molecular weight is 234 g/mol. The lowest BCUT2D eigenvalue weighted by Crippen LogP contribution is -2.37. The van der Waals surface area contributed by atoms with Gasteiger partial charge in [-0.15, -0.1) is 0 Å². The van der Waals surface area contributed by atoms with E-state index in [1.54, 1.807) is 7.05 Å². The smallest absolute Gasteiger partial charge is 0.214 e. The lowest BCUT2D eigenvalue weighted by molar-refractivity contribution is 0.369. The van der Waals surface area contributed by atoms with Gasteiger partial charge in [0, 0.05) is 13.6 Å². The highest BCUT2D eigenvalue weighted by Gasteiger charge is 2.43. The van der Waals surface area contributed by atoms with Gasteiger partial charge in [-0.2, -0.15) is 0 Å². The molecule has 0 atom stereocenters. The summed E-state index contributed by atoms with van der Waals surface area (Å²) in [5, 5.41) is 0. The van der Waals surface area contributed by atoms with Crippen molar-refractivity contribution in [3.05, 3.63) is 0 Å². The standard InChI is InChI=1S/C10H22N2O2S/c1-9(2)6-15(13,14)12(3)8-10(7-11)4-5-10/h9H,4-8,11H2,1-3H3. The molecule has 15 heavy (non-hydrogen) atoms. The first-order valence-corrected chi connectivity index (χ1v) is 7.06. The normalized spacial score (nSPS) is 19.9. The molecule has 0 aliphatic heterocycles. The van der Waals surface area contributed by atoms with Crippen molar-refractivity contribution in [1.82, 2.24) is 4.31 Å². The molecule has 0 radical (unpaired) electrons. The molecule has 0 heterocycles. The van der Waals surface area contributed by atoms with E-state index in [4.69, 9.17) is 5.73 Å². The maximum atomic E-state index is 11.8. The van der Waals surface area contributed by atoms with Crippen LogP contribution in [0.5, 0.6) is 0 Å². The van der Waals surface area contributed by atoms with Gasteiger partial charge < -0.3 is 5.73 Å². The van der Waals surface area contributed by atoms with E-state index in [1.165, 1.54) is 4.31 Å². The van der Waals surface area contributed by atoms with Crippen LogP contribution in [-0.4, -0.2) is 38.6 Å². The van der Waals surface area contributed by atoms with Crippen LogP contribution < -0.4 is 5.73 Å². The van der Waals surface area contributed by atoms with Crippen molar-refractivity contribution < 1.29 is 8.42 Å². The molecule has 1 aliphatic carbocycles. The van der Waals surface area contributed by atoms with Gasteiger partial charge in [0.1, 0.15) is 0 Å². The second kappa shape index (κ2) is 4.39. The third kappa shape index (κ3) is 3.43. The fraction of sp³-hybridized carbons (Fsp3) is 1.00. The Bertz CT molecular complexity index is 307. The maximum absolute atomic E-state index is 11.8. The van der Waals surface area contributed by atoms with Gasteiger partial charge >= 0.3 is 0 Å². The Morgan fingerprint density at radius 3 is 2.27 bits per heavy atom. The fourth-order valence-electron chi connectivity index (χ4n) is 1.72. The van der Waals surface area contributed by atoms with Gasteiger partial charge in [0.2, 0.25) is 10.0 Å². The summed E-state index contributed by atoms with van der Waals surface area (Å²) >= 11 is 0. The molecule has 1 aliphatic rings. The van der Waals surface area contributed by atoms with Crippen molar-refractivity contribution in [2.24, 2.45) is 17.1 Å². The minimum absolute atomic E-state index is 0.0821. The van der Waals surface area contributed by atoms with Crippen molar-refractivity contribution in [3.8, 4) is 0 Å². The summed E-state index contributed by atoms with van der Waals surface area (Å²) in [6.45, 7) is 5.01. The molecule has 0 amide bonds. The molecule has 1 rings (SSSR count). The van der Waals surface area contributed by atoms with Gasteiger partial charge in [0.25, 0.3) is 0 Å². The molecule has 2 N–H and O–H groups in total. The summed E-state index contributed by atoms with van der Waals surface area (Å²) in [7, 11) is -1.42. The Labute approximate surface area is 92.9 Å². The van der Waals surface area contributed by atoms with E-state index < -0.39 is 10.0 Å². The second-order valence-corrected chi connectivity index (χ2v) is 7.25. The highest BCUT2D eigenvalue weighted by atomic mass is 32.2. The zero-order valence-corrected chi connectivity index (χ0v) is 10.7. The highest BCUT2D eigenvalue weighted by Crippen LogP contribution is 2.45. The zero-order valence-electron chi connectivity index (χ0n) is 9.86. The summed E-state index contributed by atoms with van der Waals surface area (Å²) in [6.07, 6.45) is 2.12. The number of nitrogens with two attached hydrogens (primary N) is 1. The zero-order chi connectivity index (χ0) is 11.7. The van der Waals surface area contributed by atoms with Gasteiger partial charge in [-0.25, -0.2) is 12.7 Å². The first kappa shape index (κ1) is 12.9. The first-order chi connectivity index (χ1) is 6.81. The SMILES string of the molecule is CC(C)CS(=O)(=O)N(C)CC1(CN)CC1. The Morgan fingerprint density at radius 2 is 1.93 bits per heavy atom. The van der Waals surface area contributed by atoms with Crippen molar-refractivity contribution in [2.75, 3.05) is 25.9 Å². The summed E-state index contributed by atoms with van der Waals surface area (Å²) in [6, 6.07) is 0. The molecule has 0 aromatic rings. The van der Waals surface area contributed by atoms with Crippen molar-refractivity contribution in [1.29, 1.82) is 0 Å². The largest absolute Gasteiger partial charge is 0.330 e. The summed E-state index contributed by atoms with van der Waals surface area (Å²) in [5.41, 5.74) is 5.72. The Morgan fingerprint density at radius 1 is 1.40 bits per heavy atom. The van der Waals surface area contributed by atoms with Gasteiger partial charge in [-0.05, 0) is 30.7 Å². The Hall–Kier alpha value is -0.130. The topological polar surface area (TPSA) is 63.4 Å². The van der Waals surface area contributed by atoms with E-state index >= 15 is 0 Å². The quantitative estimate of drug-likeness (QED) is 0.733. The number of nitrogens with zero attached hydrogens (tertiary/aromatic N) is 1. The van der Waals surface area contributed by atoms with Crippen LogP contribution in [0.15, 0.2) is 0 Å². The summed E-state index contributed by atoms with van der Waals surface area (Å²) in [5.74, 6) is 0.398. The molecule has 0 bridgehead atoms. The minimum Gasteiger partial charge on any atom is -0.330 e. The van der Waals surface area contributed by atoms with Crippen molar-refractivity contribution in [3.63, 3.8) is 0 Å². The molecular formula is C10H22N2O2S. The highest BCUT2D eigenvalue weighted by molar-refractivity contribution is 7.89. The van der Waals surface area contributed by atoms with Gasteiger partial charge in [-0.1, -0.05) is 13.8 Å². The van der Waals surface area contributed by atoms with Gasteiger partial charge in [-0.3, -0.25) is 0 Å². The van der Waals surface area contributed by atoms with Crippen molar-refractivity contribution in [2.45, 2.75) is 26.7 Å². The van der Waals surface area contributed by atoms with E-state index in [9.17, 15) is 8.42 Å². The predicted octanol–water partition coefficient (Wildman–Crippen LogP) is 0.643. The van der Waals surface area contributed by atoms with Crippen LogP contribution in [0.4, 0.5) is 0 Å². The predicted molar refractivity (Wildman–Crippen MR) is 62.0 cm³/mol. The number of hydrogen-bond donors (Lipinski definition) is 1. The van der Waals surface area contributed by atoms with Crippen LogP contribution >= 0.6 is 0 Å². The van der Waals surface area contributed by atoms with Crippen LogP contribution in [0.3, 0.4) is 0 Å². The first-order valence-electron chi connectivity index (χ1n) is 5.45. The third-order valence-corrected chi connectivity index (χ3v) is 5.13. The molecule has 0 spiro atoms. The van der Waals surface area contributed by atoms with Crippen LogP contribution in [0.25, 0.3) is 0 Å². The lowest BCUT2D eigenvalue weighted by Gasteiger charge is -2.23. The number of hydrogen-bond acceptors (Lipinski definition) is 3. The third-order valence-electron chi connectivity index (χ3n) is 2.97. The van der Waals surface area contributed by atoms with Crippen LogP contribution in [0, 0.1) is 11.3 Å². The van der Waals surface area contributed by atoms with Crippen LogP contribution in [-0.2, 0) is 10.0 Å². The monoisotopic (exact) mass is 234 g/mol. The molecule has 0 saturated heterocycles. The van der Waals surface area contributed by atoms with E-state index in [2.05, 4.69) is 0 Å². The Balaban J connectivity index is 2.56. The van der Waals surface area contributed by atoms with E-state index in [-0.39, 0.29) is 17.1 Å². The van der Waals surface area contributed by atoms with Crippen molar-refractivity contribution >= 4 is 10.0 Å². The summed E-state index contributed by atoms with van der Waals surface area (Å²) < 4.78 is 25.2. The van der Waals surface area contributed by atoms with Gasteiger partial charge in [0.05, 0.1) is 5.75 Å². The molecule has 1 saturated carbocycles. The van der Waals surface area contributed by atoms with E-state index in [0.29, 0.717) is 13.1 Å². The molecule has 0 unspecified atom stereocenters. The molecule has 4 nitrogen and oxygen atoms in total. The summed E-state index contributed by atoms with van der Waals surface area (Å²) in [4.78, 5) is 0. The molecule has 1 fully saturated rings. The Kier molecular flexibility index (Phi) is 3.79. The molecule has 0 aromatic heterocycles.